The largest absolute Gasteiger partial charge is 0.265 e. The van der Waals surface area contributed by atoms with E-state index >= 15 is 0 Å². The average Bonchev–Trinajstić information content (AvgIpc) is 2.80. The van der Waals surface area contributed by atoms with Gasteiger partial charge in [0, 0.05) is 33.1 Å². The molecule has 0 spiro atoms. The Labute approximate surface area is 183 Å². The van der Waals surface area contributed by atoms with Crippen LogP contribution < -0.4 is 0 Å². The van der Waals surface area contributed by atoms with Gasteiger partial charge in [0.2, 0.25) is 0 Å². The van der Waals surface area contributed by atoms with E-state index in [4.69, 9.17) is 4.98 Å². The zero-order valence-corrected chi connectivity index (χ0v) is 17.7. The lowest BCUT2D eigenvalue weighted by Gasteiger charge is -2.08. The highest BCUT2D eigenvalue weighted by Gasteiger charge is 2.05. The number of rotatable bonds is 3. The fourth-order valence-electron chi connectivity index (χ4n) is 3.50. The molecule has 0 aliphatic heterocycles. The van der Waals surface area contributed by atoms with Crippen LogP contribution in [0.5, 0.6) is 0 Å². The van der Waals surface area contributed by atoms with Crippen LogP contribution in [0, 0.1) is 3.57 Å². The molecule has 2 nitrogen and oxygen atoms in total. The summed E-state index contributed by atoms with van der Waals surface area (Å²) in [6.45, 7) is 0. The molecule has 0 aliphatic carbocycles. The van der Waals surface area contributed by atoms with Gasteiger partial charge in [0.15, 0.2) is 0 Å². The minimum atomic E-state index is 1.01. The minimum absolute atomic E-state index is 1.01. The summed E-state index contributed by atoms with van der Waals surface area (Å²) in [5.41, 5.74) is 8.07. The van der Waals surface area contributed by atoms with Crippen LogP contribution in [-0.2, 0) is 0 Å². The Hall–Kier alpha value is -3.05. The zero-order valence-electron chi connectivity index (χ0n) is 15.6. The molecule has 5 aromatic rings. The molecule has 2 heterocycles. The molecule has 0 bridgehead atoms. The van der Waals surface area contributed by atoms with Crippen molar-refractivity contribution in [1.82, 2.24) is 9.97 Å². The molecule has 29 heavy (non-hydrogen) atoms. The Balaban J connectivity index is 1.47. The summed E-state index contributed by atoms with van der Waals surface area (Å²) >= 11 is 2.33. The van der Waals surface area contributed by atoms with E-state index < -0.39 is 0 Å². The van der Waals surface area contributed by atoms with Gasteiger partial charge in [-0.3, -0.25) is 9.97 Å². The first-order valence-corrected chi connectivity index (χ1v) is 10.5. The van der Waals surface area contributed by atoms with Crippen molar-refractivity contribution in [2.24, 2.45) is 0 Å². The van der Waals surface area contributed by atoms with E-state index in [0.29, 0.717) is 0 Å². The Kier molecular flexibility index (Phi) is 4.82. The highest BCUT2D eigenvalue weighted by molar-refractivity contribution is 14.1. The van der Waals surface area contributed by atoms with Crippen LogP contribution in [0.4, 0.5) is 0 Å². The molecule has 0 atom stereocenters. The van der Waals surface area contributed by atoms with Crippen molar-refractivity contribution in [1.29, 1.82) is 0 Å². The van der Waals surface area contributed by atoms with E-state index in [2.05, 4.69) is 100 Å². The maximum atomic E-state index is 4.73. The third-order valence-electron chi connectivity index (χ3n) is 5.09. The molecular formula is C26H17IN2. The first kappa shape index (κ1) is 18.0. The zero-order chi connectivity index (χ0) is 19.6. The summed E-state index contributed by atoms with van der Waals surface area (Å²) in [6, 6.07) is 29.9. The second-order valence-electron chi connectivity index (χ2n) is 6.95. The van der Waals surface area contributed by atoms with E-state index in [-0.39, 0.29) is 0 Å². The highest BCUT2D eigenvalue weighted by atomic mass is 127. The van der Waals surface area contributed by atoms with Crippen molar-refractivity contribution in [3.8, 4) is 33.4 Å². The van der Waals surface area contributed by atoms with E-state index in [0.717, 1.165) is 16.5 Å². The molecule has 138 valence electrons. The summed E-state index contributed by atoms with van der Waals surface area (Å²) < 4.78 is 1.24. The van der Waals surface area contributed by atoms with Crippen molar-refractivity contribution in [2.75, 3.05) is 0 Å². The van der Waals surface area contributed by atoms with Gasteiger partial charge in [-0.05, 0) is 86.8 Å². The normalized spacial score (nSPS) is 10.9. The number of fused-ring (bicyclic) bond motifs is 1. The quantitative estimate of drug-likeness (QED) is 0.253. The predicted molar refractivity (Wildman–Crippen MR) is 129 cm³/mol. The van der Waals surface area contributed by atoms with Gasteiger partial charge in [-0.1, -0.05) is 48.5 Å². The Morgan fingerprint density at radius 3 is 1.79 bits per heavy atom. The molecule has 3 aromatic carbocycles. The van der Waals surface area contributed by atoms with Gasteiger partial charge < -0.3 is 0 Å². The molecule has 0 fully saturated rings. The van der Waals surface area contributed by atoms with Gasteiger partial charge in [-0.15, -0.1) is 0 Å². The number of pyridine rings is 2. The van der Waals surface area contributed by atoms with Crippen molar-refractivity contribution < 1.29 is 0 Å². The maximum Gasteiger partial charge on any atom is 0.0708 e. The van der Waals surface area contributed by atoms with Crippen LogP contribution in [0.1, 0.15) is 0 Å². The predicted octanol–water partition coefficient (Wildman–Crippen LogP) is 7.24. The average molecular weight is 484 g/mol. The lowest BCUT2D eigenvalue weighted by atomic mass is 9.99. The molecule has 0 radical (unpaired) electrons. The van der Waals surface area contributed by atoms with Gasteiger partial charge >= 0.3 is 0 Å². The topological polar surface area (TPSA) is 25.8 Å². The summed E-state index contributed by atoms with van der Waals surface area (Å²) in [5.74, 6) is 0. The molecule has 0 unspecified atom stereocenters. The fraction of sp³-hybridized carbons (Fsp3) is 0. The first-order valence-electron chi connectivity index (χ1n) is 9.43. The van der Waals surface area contributed by atoms with Crippen LogP contribution in [0.3, 0.4) is 0 Å². The molecule has 0 saturated heterocycles. The molecular weight excluding hydrogens is 467 g/mol. The van der Waals surface area contributed by atoms with Gasteiger partial charge in [-0.25, -0.2) is 0 Å². The number of halogens is 1. The second kappa shape index (κ2) is 7.76. The Bertz CT molecular complexity index is 1280. The number of hydrogen-bond donors (Lipinski definition) is 0. The third-order valence-corrected chi connectivity index (χ3v) is 5.81. The lowest BCUT2D eigenvalue weighted by molar-refractivity contribution is 1.33. The third kappa shape index (κ3) is 3.78. The van der Waals surface area contributed by atoms with Crippen LogP contribution in [0.25, 0.3) is 44.3 Å². The van der Waals surface area contributed by atoms with Crippen LogP contribution in [0.15, 0.2) is 104 Å². The summed E-state index contributed by atoms with van der Waals surface area (Å²) in [6.07, 6.45) is 5.60. The number of hydrogen-bond acceptors (Lipinski definition) is 2. The monoisotopic (exact) mass is 484 g/mol. The van der Waals surface area contributed by atoms with E-state index in [1.807, 2.05) is 30.7 Å². The SMILES string of the molecule is Ic1ccc(-c2ccc3cc(-c4ccc(-c5ccncc5)cc4)cnc3c2)cc1. The molecule has 0 amide bonds. The van der Waals surface area contributed by atoms with Gasteiger partial charge in [-0.2, -0.15) is 0 Å². The summed E-state index contributed by atoms with van der Waals surface area (Å²) in [4.78, 5) is 8.82. The van der Waals surface area contributed by atoms with Gasteiger partial charge in [0.05, 0.1) is 5.52 Å². The molecule has 0 aliphatic rings. The Morgan fingerprint density at radius 2 is 1.07 bits per heavy atom. The van der Waals surface area contributed by atoms with E-state index in [1.165, 1.54) is 31.4 Å². The molecule has 0 N–H and O–H groups in total. The number of benzene rings is 3. The molecule has 3 heteroatoms. The minimum Gasteiger partial charge on any atom is -0.265 e. The fourth-order valence-corrected chi connectivity index (χ4v) is 3.86. The van der Waals surface area contributed by atoms with Crippen LogP contribution in [0.2, 0.25) is 0 Å². The van der Waals surface area contributed by atoms with Gasteiger partial charge in [0.1, 0.15) is 0 Å². The van der Waals surface area contributed by atoms with Crippen molar-refractivity contribution in [3.63, 3.8) is 0 Å². The molecule has 2 aromatic heterocycles. The van der Waals surface area contributed by atoms with Crippen molar-refractivity contribution in [2.45, 2.75) is 0 Å². The lowest BCUT2D eigenvalue weighted by Crippen LogP contribution is -1.86. The van der Waals surface area contributed by atoms with Gasteiger partial charge in [0.25, 0.3) is 0 Å². The smallest absolute Gasteiger partial charge is 0.0708 e. The number of nitrogens with zero attached hydrogens (tertiary/aromatic N) is 2. The first-order chi connectivity index (χ1) is 14.3. The molecule has 5 rings (SSSR count). The van der Waals surface area contributed by atoms with Crippen LogP contribution >= 0.6 is 22.6 Å². The molecule has 0 saturated carbocycles. The number of aromatic nitrogens is 2. The van der Waals surface area contributed by atoms with Crippen LogP contribution in [-0.4, -0.2) is 9.97 Å². The highest BCUT2D eigenvalue weighted by Crippen LogP contribution is 2.28. The van der Waals surface area contributed by atoms with Crippen molar-refractivity contribution in [3.05, 3.63) is 107 Å². The standard InChI is InChI=1S/C26H17IN2/c27-25-9-7-19(8-10-25)22-5-6-23-15-24(17-29-26(23)16-22)20-3-1-18(2-4-20)21-11-13-28-14-12-21/h1-17H. The van der Waals surface area contributed by atoms with E-state index in [1.54, 1.807) is 0 Å². The summed E-state index contributed by atoms with van der Waals surface area (Å²) in [7, 11) is 0. The van der Waals surface area contributed by atoms with Crippen molar-refractivity contribution >= 4 is 33.5 Å². The summed E-state index contributed by atoms with van der Waals surface area (Å²) in [5, 5.41) is 1.15. The Morgan fingerprint density at radius 1 is 0.517 bits per heavy atom. The van der Waals surface area contributed by atoms with E-state index in [9.17, 15) is 0 Å². The maximum absolute atomic E-state index is 4.73. The second-order valence-corrected chi connectivity index (χ2v) is 8.20.